The standard InChI is InChI=1S/C31H37ClN2O6/c1-39-28-16-21(4-11-27(28)40-15-14-34-29(35)12-13-30(34)36)19-33(18-20-2-5-22(6-3-20)31(37)38)26-10-7-23-17-24(32)8-9-25(23)26/h4,8-9,11,16-17,20,22,26H,2-3,5-7,10,12-15,18-19H2,1H3,(H,37,38)/t20-,22-,26-/m1/s1. The predicted molar refractivity (Wildman–Crippen MR) is 150 cm³/mol. The maximum absolute atomic E-state index is 11.9. The number of ether oxygens (including phenoxy) is 2. The summed E-state index contributed by atoms with van der Waals surface area (Å²) >= 11 is 6.29. The van der Waals surface area contributed by atoms with Crippen molar-refractivity contribution in [2.24, 2.45) is 11.8 Å². The predicted octanol–water partition coefficient (Wildman–Crippen LogP) is 5.26. The van der Waals surface area contributed by atoms with E-state index in [9.17, 15) is 19.5 Å². The summed E-state index contributed by atoms with van der Waals surface area (Å²) in [7, 11) is 1.61. The molecule has 1 atom stereocenters. The molecular weight excluding hydrogens is 532 g/mol. The van der Waals surface area contributed by atoms with E-state index in [1.807, 2.05) is 24.3 Å². The number of aliphatic carboxylic acids is 1. The van der Waals surface area contributed by atoms with E-state index >= 15 is 0 Å². The summed E-state index contributed by atoms with van der Waals surface area (Å²) in [4.78, 5) is 39.0. The van der Waals surface area contributed by atoms with E-state index in [1.165, 1.54) is 16.0 Å². The molecule has 214 valence electrons. The highest BCUT2D eigenvalue weighted by Crippen LogP contribution is 2.40. The van der Waals surface area contributed by atoms with Crippen molar-refractivity contribution in [2.75, 3.05) is 26.8 Å². The first-order valence-corrected chi connectivity index (χ1v) is 14.6. The zero-order chi connectivity index (χ0) is 28.2. The largest absolute Gasteiger partial charge is 0.493 e. The van der Waals surface area contributed by atoms with Crippen LogP contribution in [0.2, 0.25) is 5.02 Å². The number of carboxylic acids is 1. The number of hydrogen-bond donors (Lipinski definition) is 1. The van der Waals surface area contributed by atoms with Crippen LogP contribution in [0.25, 0.3) is 0 Å². The Morgan fingerprint density at radius 3 is 2.45 bits per heavy atom. The van der Waals surface area contributed by atoms with Gasteiger partial charge in [0.05, 0.1) is 19.6 Å². The number of likely N-dealkylation sites (tertiary alicyclic amines) is 1. The molecule has 0 spiro atoms. The highest BCUT2D eigenvalue weighted by atomic mass is 35.5. The van der Waals surface area contributed by atoms with Crippen LogP contribution in [0.4, 0.5) is 0 Å². The fourth-order valence-electron chi connectivity index (χ4n) is 6.45. The third kappa shape index (κ3) is 6.44. The average Bonchev–Trinajstić information content (AvgIpc) is 3.51. The lowest BCUT2D eigenvalue weighted by Crippen LogP contribution is -2.34. The number of carbonyl (C=O) groups excluding carboxylic acids is 2. The molecule has 0 aromatic heterocycles. The van der Waals surface area contributed by atoms with E-state index in [0.717, 1.165) is 62.2 Å². The first-order chi connectivity index (χ1) is 19.3. The van der Waals surface area contributed by atoms with Crippen molar-refractivity contribution < 1.29 is 29.0 Å². The lowest BCUT2D eigenvalue weighted by molar-refractivity contribution is -0.143. The minimum absolute atomic E-state index is 0.150. The zero-order valence-electron chi connectivity index (χ0n) is 22.9. The zero-order valence-corrected chi connectivity index (χ0v) is 23.7. The Bertz CT molecular complexity index is 1240. The quantitative estimate of drug-likeness (QED) is 0.369. The lowest BCUT2D eigenvalue weighted by Gasteiger charge is -2.35. The molecule has 2 fully saturated rings. The van der Waals surface area contributed by atoms with Crippen molar-refractivity contribution in [1.82, 2.24) is 9.80 Å². The van der Waals surface area contributed by atoms with Gasteiger partial charge in [-0.25, -0.2) is 0 Å². The maximum atomic E-state index is 11.9. The number of halogens is 1. The minimum Gasteiger partial charge on any atom is -0.493 e. The summed E-state index contributed by atoms with van der Waals surface area (Å²) in [5.41, 5.74) is 3.71. The molecule has 1 saturated heterocycles. The van der Waals surface area contributed by atoms with Gasteiger partial charge in [-0.2, -0.15) is 0 Å². The van der Waals surface area contributed by atoms with Crippen LogP contribution in [0.15, 0.2) is 36.4 Å². The number of amides is 2. The van der Waals surface area contributed by atoms with Gasteiger partial charge in [0.15, 0.2) is 11.5 Å². The first-order valence-electron chi connectivity index (χ1n) is 14.2. The van der Waals surface area contributed by atoms with Gasteiger partial charge in [0.1, 0.15) is 6.61 Å². The molecule has 2 amide bonds. The fourth-order valence-corrected chi connectivity index (χ4v) is 6.65. The molecule has 0 bridgehead atoms. The number of carbonyl (C=O) groups is 3. The van der Waals surface area contributed by atoms with Crippen molar-refractivity contribution >= 4 is 29.4 Å². The Morgan fingerprint density at radius 1 is 1.00 bits per heavy atom. The number of carboxylic acid groups (broad SMARTS) is 1. The minimum atomic E-state index is -0.676. The van der Waals surface area contributed by atoms with Gasteiger partial charge in [0.2, 0.25) is 11.8 Å². The second-order valence-corrected chi connectivity index (χ2v) is 11.6. The van der Waals surface area contributed by atoms with Crippen LogP contribution in [-0.2, 0) is 27.3 Å². The third-order valence-electron chi connectivity index (χ3n) is 8.62. The molecule has 40 heavy (non-hydrogen) atoms. The summed E-state index contributed by atoms with van der Waals surface area (Å²) in [6, 6.07) is 12.4. The Kier molecular flexibility index (Phi) is 8.96. The van der Waals surface area contributed by atoms with E-state index in [1.54, 1.807) is 7.11 Å². The maximum Gasteiger partial charge on any atom is 0.306 e. The number of aryl methyl sites for hydroxylation is 1. The van der Waals surface area contributed by atoms with E-state index in [0.29, 0.717) is 17.4 Å². The van der Waals surface area contributed by atoms with Crippen molar-refractivity contribution in [3.05, 3.63) is 58.1 Å². The molecule has 2 aromatic rings. The second-order valence-electron chi connectivity index (χ2n) is 11.2. The molecule has 5 rings (SSSR count). The van der Waals surface area contributed by atoms with Crippen LogP contribution in [0.5, 0.6) is 11.5 Å². The number of fused-ring (bicyclic) bond motifs is 1. The van der Waals surface area contributed by atoms with E-state index in [-0.39, 0.29) is 49.8 Å². The SMILES string of the molecule is COc1cc(CN(C[C@H]2CC[C@H](C(=O)O)CC2)[C@@H]2CCc3cc(Cl)ccc32)ccc1OCCN1C(=O)CCC1=O. The molecule has 2 aromatic carbocycles. The molecule has 1 N–H and O–H groups in total. The molecule has 0 unspecified atom stereocenters. The van der Waals surface area contributed by atoms with E-state index in [2.05, 4.69) is 17.0 Å². The van der Waals surface area contributed by atoms with Crippen LogP contribution in [0.1, 0.15) is 67.7 Å². The fraction of sp³-hybridized carbons (Fsp3) is 0.516. The number of rotatable bonds is 11. The molecule has 8 nitrogen and oxygen atoms in total. The second kappa shape index (κ2) is 12.6. The molecule has 1 aliphatic heterocycles. The number of nitrogens with zero attached hydrogens (tertiary/aromatic N) is 2. The van der Waals surface area contributed by atoms with Crippen LogP contribution in [0, 0.1) is 11.8 Å². The van der Waals surface area contributed by atoms with Crippen LogP contribution in [-0.4, -0.2) is 59.5 Å². The summed E-state index contributed by atoms with van der Waals surface area (Å²) < 4.78 is 11.6. The molecule has 9 heteroatoms. The first kappa shape index (κ1) is 28.4. The number of imide groups is 1. The van der Waals surface area contributed by atoms with Crippen molar-refractivity contribution in [2.45, 2.75) is 64.0 Å². The number of hydrogen-bond acceptors (Lipinski definition) is 6. The molecule has 0 radical (unpaired) electrons. The molecular formula is C31H37ClN2O6. The lowest BCUT2D eigenvalue weighted by atomic mass is 9.81. The Hall–Kier alpha value is -3.10. The highest BCUT2D eigenvalue weighted by Gasteiger charge is 2.33. The summed E-state index contributed by atoms with van der Waals surface area (Å²) in [6.45, 7) is 2.06. The summed E-state index contributed by atoms with van der Waals surface area (Å²) in [6.07, 6.45) is 5.86. The van der Waals surface area contributed by atoms with Crippen molar-refractivity contribution in [3.63, 3.8) is 0 Å². The summed E-state index contributed by atoms with van der Waals surface area (Å²) in [5, 5.41) is 10.2. The number of benzene rings is 2. The van der Waals surface area contributed by atoms with Crippen LogP contribution in [0.3, 0.4) is 0 Å². The van der Waals surface area contributed by atoms with Crippen molar-refractivity contribution in [1.29, 1.82) is 0 Å². The third-order valence-corrected chi connectivity index (χ3v) is 8.86. The highest BCUT2D eigenvalue weighted by molar-refractivity contribution is 6.30. The normalized spacial score (nSPS) is 22.6. The van der Waals surface area contributed by atoms with Gasteiger partial charge in [0, 0.05) is 37.0 Å². The Morgan fingerprint density at radius 2 is 1.75 bits per heavy atom. The smallest absolute Gasteiger partial charge is 0.306 e. The monoisotopic (exact) mass is 568 g/mol. The van der Waals surface area contributed by atoms with Gasteiger partial charge >= 0.3 is 5.97 Å². The van der Waals surface area contributed by atoms with Gasteiger partial charge in [0.25, 0.3) is 0 Å². The Balaban J connectivity index is 1.29. The summed E-state index contributed by atoms with van der Waals surface area (Å²) in [5.74, 6) is 0.434. The van der Waals surface area contributed by atoms with Crippen LogP contribution < -0.4 is 9.47 Å². The Labute approximate surface area is 240 Å². The van der Waals surface area contributed by atoms with Crippen molar-refractivity contribution in [3.8, 4) is 11.5 Å². The molecule has 2 aliphatic carbocycles. The van der Waals surface area contributed by atoms with Gasteiger partial charge < -0.3 is 14.6 Å². The van der Waals surface area contributed by atoms with Gasteiger partial charge in [-0.1, -0.05) is 23.7 Å². The molecule has 1 saturated carbocycles. The van der Waals surface area contributed by atoms with E-state index in [4.69, 9.17) is 21.1 Å². The number of methoxy groups -OCH3 is 1. The molecule has 1 heterocycles. The average molecular weight is 569 g/mol. The van der Waals surface area contributed by atoms with Gasteiger partial charge in [-0.3, -0.25) is 24.2 Å². The van der Waals surface area contributed by atoms with Crippen LogP contribution >= 0.6 is 11.6 Å². The van der Waals surface area contributed by atoms with Gasteiger partial charge in [-0.05, 0) is 85.4 Å². The van der Waals surface area contributed by atoms with Gasteiger partial charge in [-0.15, -0.1) is 0 Å². The van der Waals surface area contributed by atoms with E-state index < -0.39 is 5.97 Å². The molecule has 3 aliphatic rings. The topological polar surface area (TPSA) is 96.4 Å².